The Morgan fingerprint density at radius 2 is 2.42 bits per heavy atom. The molecule has 0 aliphatic carbocycles. The van der Waals surface area contributed by atoms with Crippen LogP contribution in [0.15, 0.2) is 0 Å². The third-order valence-corrected chi connectivity index (χ3v) is 3.49. The van der Waals surface area contributed by atoms with E-state index >= 15 is 0 Å². The van der Waals surface area contributed by atoms with E-state index in [1.165, 1.54) is 17.9 Å². The summed E-state index contributed by atoms with van der Waals surface area (Å²) in [6, 6.07) is 0.644. The quantitative estimate of drug-likeness (QED) is 0.663. The Morgan fingerprint density at radius 1 is 1.67 bits per heavy atom. The van der Waals surface area contributed by atoms with Gasteiger partial charge in [0.25, 0.3) is 0 Å². The minimum atomic E-state index is 0.356. The molecule has 12 heavy (non-hydrogen) atoms. The molecule has 1 heterocycles. The van der Waals surface area contributed by atoms with Crippen molar-refractivity contribution in [3.63, 3.8) is 0 Å². The zero-order valence-electron chi connectivity index (χ0n) is 7.88. The maximum Gasteiger partial charge on any atom is 0.146 e. The average molecular weight is 187 g/mol. The monoisotopic (exact) mass is 187 g/mol. The fourth-order valence-corrected chi connectivity index (χ4v) is 2.69. The summed E-state index contributed by atoms with van der Waals surface area (Å²) in [5, 5.41) is 0. The SMILES string of the molecule is CCC(=O)CN(C)C1CCSC1. The van der Waals surface area contributed by atoms with Crippen LogP contribution >= 0.6 is 11.8 Å². The largest absolute Gasteiger partial charge is 0.298 e. The zero-order chi connectivity index (χ0) is 8.97. The third-order valence-electron chi connectivity index (χ3n) is 2.35. The molecule has 1 atom stereocenters. The van der Waals surface area contributed by atoms with Gasteiger partial charge in [-0.15, -0.1) is 0 Å². The summed E-state index contributed by atoms with van der Waals surface area (Å²) in [5.74, 6) is 2.82. The Kier molecular flexibility index (Phi) is 4.09. The number of nitrogens with zero attached hydrogens (tertiary/aromatic N) is 1. The van der Waals surface area contributed by atoms with E-state index < -0.39 is 0 Å². The molecule has 0 spiro atoms. The van der Waals surface area contributed by atoms with Crippen LogP contribution in [-0.2, 0) is 4.79 Å². The molecule has 2 nitrogen and oxygen atoms in total. The van der Waals surface area contributed by atoms with Gasteiger partial charge in [-0.25, -0.2) is 0 Å². The van der Waals surface area contributed by atoms with E-state index in [9.17, 15) is 4.79 Å². The van der Waals surface area contributed by atoms with Crippen molar-refractivity contribution in [2.24, 2.45) is 0 Å². The number of Topliss-reactive ketones (excluding diaryl/α,β-unsaturated/α-hetero) is 1. The highest BCUT2D eigenvalue weighted by atomic mass is 32.2. The first-order valence-electron chi connectivity index (χ1n) is 4.53. The topological polar surface area (TPSA) is 20.3 Å². The Morgan fingerprint density at radius 3 is 2.92 bits per heavy atom. The lowest BCUT2D eigenvalue weighted by atomic mass is 10.2. The highest BCUT2D eigenvalue weighted by Crippen LogP contribution is 2.20. The number of carbonyl (C=O) groups is 1. The van der Waals surface area contributed by atoms with Gasteiger partial charge >= 0.3 is 0 Å². The summed E-state index contributed by atoms with van der Waals surface area (Å²) in [7, 11) is 2.06. The lowest BCUT2D eigenvalue weighted by molar-refractivity contribution is -0.120. The lowest BCUT2D eigenvalue weighted by Gasteiger charge is -2.22. The second kappa shape index (κ2) is 4.87. The summed E-state index contributed by atoms with van der Waals surface area (Å²) in [5.41, 5.74) is 0. The summed E-state index contributed by atoms with van der Waals surface area (Å²) in [6.07, 6.45) is 1.92. The maximum absolute atomic E-state index is 11.1. The first kappa shape index (κ1) is 10.1. The fourth-order valence-electron chi connectivity index (χ4n) is 1.39. The minimum Gasteiger partial charge on any atom is -0.298 e. The molecule has 0 aromatic carbocycles. The molecule has 1 saturated heterocycles. The molecule has 1 aliphatic heterocycles. The van der Waals surface area contributed by atoms with E-state index in [0.29, 0.717) is 24.8 Å². The predicted octanol–water partition coefficient (Wildman–Crippen LogP) is 1.40. The molecule has 1 unspecified atom stereocenters. The van der Waals surface area contributed by atoms with Crippen LogP contribution in [0.2, 0.25) is 0 Å². The number of hydrogen-bond donors (Lipinski definition) is 0. The fraction of sp³-hybridized carbons (Fsp3) is 0.889. The van der Waals surface area contributed by atoms with Gasteiger partial charge in [0, 0.05) is 18.2 Å². The number of likely N-dealkylation sites (N-methyl/N-ethyl adjacent to an activating group) is 1. The minimum absolute atomic E-state index is 0.356. The van der Waals surface area contributed by atoms with Crippen LogP contribution in [0.25, 0.3) is 0 Å². The number of rotatable bonds is 4. The zero-order valence-corrected chi connectivity index (χ0v) is 8.69. The summed E-state index contributed by atoms with van der Waals surface area (Å²) in [6.45, 7) is 2.57. The van der Waals surface area contributed by atoms with E-state index in [2.05, 4.69) is 11.9 Å². The number of carbonyl (C=O) groups excluding carboxylic acids is 1. The van der Waals surface area contributed by atoms with Crippen molar-refractivity contribution in [2.75, 3.05) is 25.1 Å². The number of ketones is 1. The highest BCUT2D eigenvalue weighted by Gasteiger charge is 2.20. The Balaban J connectivity index is 2.26. The van der Waals surface area contributed by atoms with Crippen LogP contribution < -0.4 is 0 Å². The molecule has 0 aromatic heterocycles. The molecule has 1 fully saturated rings. The van der Waals surface area contributed by atoms with Crippen molar-refractivity contribution in [3.05, 3.63) is 0 Å². The van der Waals surface area contributed by atoms with Crippen LogP contribution in [0.3, 0.4) is 0 Å². The molecule has 0 amide bonds. The van der Waals surface area contributed by atoms with Gasteiger partial charge in [-0.2, -0.15) is 11.8 Å². The lowest BCUT2D eigenvalue weighted by Crippen LogP contribution is -2.35. The number of thioether (sulfide) groups is 1. The normalized spacial score (nSPS) is 23.4. The Bertz CT molecular complexity index is 155. The van der Waals surface area contributed by atoms with Crippen LogP contribution in [0.4, 0.5) is 0 Å². The van der Waals surface area contributed by atoms with Crippen molar-refractivity contribution in [1.29, 1.82) is 0 Å². The highest BCUT2D eigenvalue weighted by molar-refractivity contribution is 7.99. The van der Waals surface area contributed by atoms with Crippen molar-refractivity contribution >= 4 is 17.5 Å². The van der Waals surface area contributed by atoms with Crippen molar-refractivity contribution < 1.29 is 4.79 Å². The second-order valence-corrected chi connectivity index (χ2v) is 4.47. The Labute approximate surface area is 78.7 Å². The number of hydrogen-bond acceptors (Lipinski definition) is 3. The van der Waals surface area contributed by atoms with Crippen molar-refractivity contribution in [3.8, 4) is 0 Å². The predicted molar refractivity (Wildman–Crippen MR) is 53.7 cm³/mol. The van der Waals surface area contributed by atoms with Crippen molar-refractivity contribution in [2.45, 2.75) is 25.8 Å². The Hall–Kier alpha value is -0.0200. The van der Waals surface area contributed by atoms with Gasteiger partial charge < -0.3 is 0 Å². The molecule has 0 aromatic rings. The van der Waals surface area contributed by atoms with Gasteiger partial charge in [-0.3, -0.25) is 9.69 Å². The van der Waals surface area contributed by atoms with Gasteiger partial charge in [0.15, 0.2) is 0 Å². The average Bonchev–Trinajstić information content (AvgIpc) is 2.56. The molecule has 0 N–H and O–H groups in total. The standard InChI is InChI=1S/C9H17NOS/c1-3-9(11)6-10(2)8-4-5-12-7-8/h8H,3-7H2,1-2H3. The van der Waals surface area contributed by atoms with E-state index in [0.717, 1.165) is 0 Å². The van der Waals surface area contributed by atoms with Gasteiger partial charge in [-0.05, 0) is 19.2 Å². The van der Waals surface area contributed by atoms with Gasteiger partial charge in [-0.1, -0.05) is 6.92 Å². The van der Waals surface area contributed by atoms with E-state index in [1.807, 2.05) is 18.7 Å². The van der Waals surface area contributed by atoms with Gasteiger partial charge in [0.2, 0.25) is 0 Å². The molecule has 0 saturated carbocycles. The van der Waals surface area contributed by atoms with Crippen LogP contribution in [0, 0.1) is 0 Å². The van der Waals surface area contributed by atoms with Crippen LogP contribution in [-0.4, -0.2) is 41.8 Å². The molecule has 1 rings (SSSR count). The summed E-state index contributed by atoms with van der Waals surface area (Å²) < 4.78 is 0. The van der Waals surface area contributed by atoms with Gasteiger partial charge in [0.1, 0.15) is 5.78 Å². The summed E-state index contributed by atoms with van der Waals surface area (Å²) >= 11 is 1.99. The molecule has 3 heteroatoms. The van der Waals surface area contributed by atoms with Crippen LogP contribution in [0.5, 0.6) is 0 Å². The van der Waals surface area contributed by atoms with Crippen molar-refractivity contribution in [1.82, 2.24) is 4.90 Å². The van der Waals surface area contributed by atoms with E-state index in [-0.39, 0.29) is 0 Å². The third kappa shape index (κ3) is 2.79. The molecule has 0 bridgehead atoms. The molecule has 1 aliphatic rings. The second-order valence-electron chi connectivity index (χ2n) is 3.32. The molecule has 70 valence electrons. The first-order valence-corrected chi connectivity index (χ1v) is 5.69. The molecular formula is C9H17NOS. The molecular weight excluding hydrogens is 170 g/mol. The van der Waals surface area contributed by atoms with Crippen LogP contribution in [0.1, 0.15) is 19.8 Å². The molecule has 0 radical (unpaired) electrons. The van der Waals surface area contributed by atoms with E-state index in [4.69, 9.17) is 0 Å². The summed E-state index contributed by atoms with van der Waals surface area (Å²) in [4.78, 5) is 13.3. The van der Waals surface area contributed by atoms with E-state index in [1.54, 1.807) is 0 Å². The smallest absolute Gasteiger partial charge is 0.146 e. The first-order chi connectivity index (χ1) is 5.74. The maximum atomic E-state index is 11.1. The van der Waals surface area contributed by atoms with Gasteiger partial charge in [0.05, 0.1) is 6.54 Å².